The maximum absolute atomic E-state index is 4.65. The zero-order chi connectivity index (χ0) is 14.5. The standard InChI is InChI=1S/C16H24N4/c1-5-7-17-9-14-8-15(11-18-10-14)20-13(4)16(6-2)12(3)19-20/h8,10-11,17H,5-7,9H2,1-4H3. The van der Waals surface area contributed by atoms with Gasteiger partial charge in [0.1, 0.15) is 0 Å². The van der Waals surface area contributed by atoms with Crippen molar-refractivity contribution < 1.29 is 0 Å². The van der Waals surface area contributed by atoms with E-state index in [0.29, 0.717) is 0 Å². The molecule has 0 saturated heterocycles. The summed E-state index contributed by atoms with van der Waals surface area (Å²) in [7, 11) is 0. The topological polar surface area (TPSA) is 42.7 Å². The van der Waals surface area contributed by atoms with Crippen molar-refractivity contribution in [2.45, 2.75) is 47.1 Å². The van der Waals surface area contributed by atoms with Crippen molar-refractivity contribution in [1.82, 2.24) is 20.1 Å². The average Bonchev–Trinajstić information content (AvgIpc) is 2.74. The quantitative estimate of drug-likeness (QED) is 0.822. The number of hydrogen-bond donors (Lipinski definition) is 1. The highest BCUT2D eigenvalue weighted by molar-refractivity contribution is 5.37. The molecule has 0 aliphatic carbocycles. The lowest BCUT2D eigenvalue weighted by atomic mass is 10.1. The summed E-state index contributed by atoms with van der Waals surface area (Å²) in [5.41, 5.74) is 5.90. The van der Waals surface area contributed by atoms with E-state index in [1.54, 1.807) is 0 Å². The Kier molecular flexibility index (Phi) is 4.90. The molecule has 0 radical (unpaired) electrons. The van der Waals surface area contributed by atoms with Crippen LogP contribution in [0.4, 0.5) is 0 Å². The number of nitrogens with zero attached hydrogens (tertiary/aromatic N) is 3. The van der Waals surface area contributed by atoms with Crippen molar-refractivity contribution in [3.63, 3.8) is 0 Å². The maximum atomic E-state index is 4.65. The van der Waals surface area contributed by atoms with Crippen LogP contribution in [0.25, 0.3) is 5.69 Å². The van der Waals surface area contributed by atoms with Gasteiger partial charge in [-0.05, 0) is 50.4 Å². The van der Waals surface area contributed by atoms with Gasteiger partial charge in [-0.2, -0.15) is 5.10 Å². The maximum Gasteiger partial charge on any atom is 0.0835 e. The van der Waals surface area contributed by atoms with Gasteiger partial charge < -0.3 is 5.32 Å². The summed E-state index contributed by atoms with van der Waals surface area (Å²) in [5.74, 6) is 0. The lowest BCUT2D eigenvalue weighted by molar-refractivity contribution is 0.672. The van der Waals surface area contributed by atoms with Crippen molar-refractivity contribution in [3.05, 3.63) is 41.0 Å². The summed E-state index contributed by atoms with van der Waals surface area (Å²) in [5, 5.41) is 8.05. The summed E-state index contributed by atoms with van der Waals surface area (Å²) in [6.07, 6.45) is 5.95. The third kappa shape index (κ3) is 3.07. The minimum atomic E-state index is 0.856. The van der Waals surface area contributed by atoms with Crippen LogP contribution < -0.4 is 5.32 Å². The molecule has 0 bridgehead atoms. The fourth-order valence-corrected chi connectivity index (χ4v) is 2.53. The molecule has 2 aromatic heterocycles. The van der Waals surface area contributed by atoms with Crippen LogP contribution in [0.5, 0.6) is 0 Å². The van der Waals surface area contributed by atoms with Gasteiger partial charge in [-0.25, -0.2) is 4.68 Å². The lowest BCUT2D eigenvalue weighted by Gasteiger charge is -2.08. The number of hydrogen-bond acceptors (Lipinski definition) is 3. The minimum Gasteiger partial charge on any atom is -0.313 e. The van der Waals surface area contributed by atoms with Gasteiger partial charge in [-0.3, -0.25) is 4.98 Å². The van der Waals surface area contributed by atoms with Crippen LogP contribution in [0, 0.1) is 13.8 Å². The van der Waals surface area contributed by atoms with Gasteiger partial charge in [-0.1, -0.05) is 13.8 Å². The van der Waals surface area contributed by atoms with Crippen molar-refractivity contribution in [3.8, 4) is 5.69 Å². The Hall–Kier alpha value is -1.68. The zero-order valence-electron chi connectivity index (χ0n) is 12.9. The van der Waals surface area contributed by atoms with Gasteiger partial charge >= 0.3 is 0 Å². The molecule has 0 aliphatic heterocycles. The largest absolute Gasteiger partial charge is 0.313 e. The van der Waals surface area contributed by atoms with Crippen molar-refractivity contribution in [2.75, 3.05) is 6.54 Å². The SMILES string of the molecule is CCCNCc1cncc(-n2nc(C)c(CC)c2C)c1. The fraction of sp³-hybridized carbons (Fsp3) is 0.500. The third-order valence-electron chi connectivity index (χ3n) is 3.58. The average molecular weight is 272 g/mol. The Balaban J connectivity index is 2.27. The van der Waals surface area contributed by atoms with Crippen LogP contribution in [0.2, 0.25) is 0 Å². The van der Waals surface area contributed by atoms with Crippen molar-refractivity contribution in [1.29, 1.82) is 0 Å². The van der Waals surface area contributed by atoms with E-state index in [1.807, 2.05) is 17.1 Å². The zero-order valence-corrected chi connectivity index (χ0v) is 12.9. The molecular formula is C16H24N4. The first-order chi connectivity index (χ1) is 9.67. The van der Waals surface area contributed by atoms with E-state index in [1.165, 1.54) is 16.8 Å². The number of aryl methyl sites for hydroxylation is 1. The van der Waals surface area contributed by atoms with Crippen LogP contribution in [-0.4, -0.2) is 21.3 Å². The molecule has 0 aromatic carbocycles. The summed E-state index contributed by atoms with van der Waals surface area (Å²) in [4.78, 5) is 4.34. The number of rotatable bonds is 6. The molecule has 4 nitrogen and oxygen atoms in total. The molecule has 20 heavy (non-hydrogen) atoms. The van der Waals surface area contributed by atoms with Gasteiger partial charge in [0, 0.05) is 18.4 Å². The molecule has 0 saturated carbocycles. The highest BCUT2D eigenvalue weighted by Gasteiger charge is 2.11. The third-order valence-corrected chi connectivity index (χ3v) is 3.58. The van der Waals surface area contributed by atoms with E-state index in [2.05, 4.69) is 49.2 Å². The lowest BCUT2D eigenvalue weighted by Crippen LogP contribution is -2.14. The molecule has 2 aromatic rings. The van der Waals surface area contributed by atoms with Gasteiger partial charge in [-0.15, -0.1) is 0 Å². The molecule has 0 amide bonds. The molecular weight excluding hydrogens is 248 g/mol. The highest BCUT2D eigenvalue weighted by Crippen LogP contribution is 2.18. The summed E-state index contributed by atoms with van der Waals surface area (Å²) in [6.45, 7) is 10.4. The van der Waals surface area contributed by atoms with Crippen LogP contribution in [0.3, 0.4) is 0 Å². The van der Waals surface area contributed by atoms with E-state index in [-0.39, 0.29) is 0 Å². The number of pyridine rings is 1. The normalized spacial score (nSPS) is 11.0. The summed E-state index contributed by atoms with van der Waals surface area (Å²) < 4.78 is 2.00. The monoisotopic (exact) mass is 272 g/mol. The first-order valence-electron chi connectivity index (χ1n) is 7.37. The first kappa shape index (κ1) is 14.7. The highest BCUT2D eigenvalue weighted by atomic mass is 15.3. The van der Waals surface area contributed by atoms with E-state index < -0.39 is 0 Å². The van der Waals surface area contributed by atoms with Crippen LogP contribution >= 0.6 is 0 Å². The Labute approximate surface area is 121 Å². The van der Waals surface area contributed by atoms with Gasteiger partial charge in [0.15, 0.2) is 0 Å². The molecule has 4 heteroatoms. The molecule has 2 rings (SSSR count). The minimum absolute atomic E-state index is 0.856. The first-order valence-corrected chi connectivity index (χ1v) is 7.37. The van der Waals surface area contributed by atoms with Gasteiger partial charge in [0.05, 0.1) is 17.6 Å². The molecule has 1 N–H and O–H groups in total. The Morgan fingerprint density at radius 3 is 2.65 bits per heavy atom. The fourth-order valence-electron chi connectivity index (χ4n) is 2.53. The molecule has 0 fully saturated rings. The van der Waals surface area contributed by atoms with E-state index in [0.717, 1.165) is 37.3 Å². The van der Waals surface area contributed by atoms with Crippen molar-refractivity contribution >= 4 is 0 Å². The Morgan fingerprint density at radius 2 is 2.00 bits per heavy atom. The van der Waals surface area contributed by atoms with Crippen LogP contribution in [-0.2, 0) is 13.0 Å². The Bertz CT molecular complexity index is 572. The van der Waals surface area contributed by atoms with Gasteiger partial charge in [0.25, 0.3) is 0 Å². The second-order valence-corrected chi connectivity index (χ2v) is 5.14. The molecule has 0 aliphatic rings. The molecule has 0 spiro atoms. The predicted molar refractivity (Wildman–Crippen MR) is 82.2 cm³/mol. The van der Waals surface area contributed by atoms with Gasteiger partial charge in [0.2, 0.25) is 0 Å². The van der Waals surface area contributed by atoms with Crippen LogP contribution in [0.15, 0.2) is 18.5 Å². The molecule has 108 valence electrons. The van der Waals surface area contributed by atoms with Crippen molar-refractivity contribution in [2.24, 2.45) is 0 Å². The molecule has 0 atom stereocenters. The van der Waals surface area contributed by atoms with E-state index in [4.69, 9.17) is 0 Å². The van der Waals surface area contributed by atoms with Crippen LogP contribution in [0.1, 0.15) is 42.8 Å². The summed E-state index contributed by atoms with van der Waals surface area (Å²) in [6, 6.07) is 2.16. The number of aromatic nitrogens is 3. The van der Waals surface area contributed by atoms with E-state index in [9.17, 15) is 0 Å². The molecule has 0 unspecified atom stereocenters. The Morgan fingerprint density at radius 1 is 1.20 bits per heavy atom. The van der Waals surface area contributed by atoms with E-state index >= 15 is 0 Å². The molecule has 2 heterocycles. The second-order valence-electron chi connectivity index (χ2n) is 5.14. The second kappa shape index (κ2) is 6.66. The number of nitrogens with one attached hydrogen (secondary N) is 1. The predicted octanol–water partition coefficient (Wildman–Crippen LogP) is 2.95. The summed E-state index contributed by atoms with van der Waals surface area (Å²) >= 11 is 0. The smallest absolute Gasteiger partial charge is 0.0835 e.